The van der Waals surface area contributed by atoms with Gasteiger partial charge in [-0.2, -0.15) is 4.98 Å². The summed E-state index contributed by atoms with van der Waals surface area (Å²) in [5.74, 6) is 0.437. The van der Waals surface area contributed by atoms with E-state index in [1.807, 2.05) is 26.8 Å². The Morgan fingerprint density at radius 1 is 1.27 bits per heavy atom. The van der Waals surface area contributed by atoms with Crippen LogP contribution in [0.5, 0.6) is 0 Å². The SMILES string of the molecule is C=CC(=O)Nc1ccccc1Nc1nc(NC2CCCN(C(=O)OC(C)(C)C)C2)ncc1Cl. The topological polar surface area (TPSA) is 108 Å². The van der Waals surface area contributed by atoms with Crippen molar-refractivity contribution in [1.29, 1.82) is 0 Å². The molecule has 1 saturated heterocycles. The van der Waals surface area contributed by atoms with Crippen molar-refractivity contribution < 1.29 is 14.3 Å². The molecule has 1 aromatic carbocycles. The molecule has 1 aliphatic heterocycles. The molecule has 9 nitrogen and oxygen atoms in total. The number of piperidine rings is 1. The molecule has 0 bridgehead atoms. The number of likely N-dealkylation sites (tertiary alicyclic amines) is 1. The number of carbonyl (C=O) groups is 2. The molecular weight excluding hydrogens is 444 g/mol. The van der Waals surface area contributed by atoms with Gasteiger partial charge in [0.2, 0.25) is 11.9 Å². The highest BCUT2D eigenvalue weighted by molar-refractivity contribution is 6.33. The summed E-state index contributed by atoms with van der Waals surface area (Å²) in [7, 11) is 0. The lowest BCUT2D eigenvalue weighted by atomic mass is 10.1. The van der Waals surface area contributed by atoms with Crippen LogP contribution >= 0.6 is 11.6 Å². The van der Waals surface area contributed by atoms with E-state index in [9.17, 15) is 9.59 Å². The number of halogens is 1. The molecule has 1 aliphatic rings. The Labute approximate surface area is 198 Å². The number of para-hydroxylation sites is 2. The molecule has 0 radical (unpaired) electrons. The summed E-state index contributed by atoms with van der Waals surface area (Å²) in [6.07, 6.45) is 4.07. The van der Waals surface area contributed by atoms with Gasteiger partial charge in [-0.1, -0.05) is 30.3 Å². The number of aromatic nitrogens is 2. The molecule has 1 aromatic heterocycles. The highest BCUT2D eigenvalue weighted by atomic mass is 35.5. The number of amides is 2. The molecule has 3 rings (SSSR count). The Bertz CT molecular complexity index is 1020. The molecule has 33 heavy (non-hydrogen) atoms. The molecule has 1 unspecified atom stereocenters. The van der Waals surface area contributed by atoms with Crippen LogP contribution < -0.4 is 16.0 Å². The summed E-state index contributed by atoms with van der Waals surface area (Å²) >= 11 is 6.31. The van der Waals surface area contributed by atoms with Gasteiger partial charge >= 0.3 is 6.09 Å². The first-order valence-electron chi connectivity index (χ1n) is 10.7. The maximum Gasteiger partial charge on any atom is 0.410 e. The number of benzene rings is 1. The van der Waals surface area contributed by atoms with Crippen LogP contribution in [-0.4, -0.2) is 51.6 Å². The van der Waals surface area contributed by atoms with Crippen molar-refractivity contribution in [2.24, 2.45) is 0 Å². The molecular formula is C23H29ClN6O3. The Kier molecular flexibility index (Phi) is 7.75. The zero-order valence-corrected chi connectivity index (χ0v) is 19.8. The summed E-state index contributed by atoms with van der Waals surface area (Å²) in [5.41, 5.74) is 0.638. The average molecular weight is 473 g/mol. The quantitative estimate of drug-likeness (QED) is 0.517. The van der Waals surface area contributed by atoms with E-state index in [0.717, 1.165) is 12.8 Å². The van der Waals surface area contributed by atoms with Gasteiger partial charge in [-0.25, -0.2) is 9.78 Å². The zero-order chi connectivity index (χ0) is 24.0. The van der Waals surface area contributed by atoms with E-state index < -0.39 is 5.60 Å². The van der Waals surface area contributed by atoms with Crippen molar-refractivity contribution in [1.82, 2.24) is 14.9 Å². The molecule has 1 fully saturated rings. The maximum atomic E-state index is 12.4. The van der Waals surface area contributed by atoms with Gasteiger partial charge < -0.3 is 25.6 Å². The normalized spacial score (nSPS) is 16.0. The second kappa shape index (κ2) is 10.5. The molecule has 3 N–H and O–H groups in total. The van der Waals surface area contributed by atoms with Crippen LogP contribution in [0, 0.1) is 0 Å². The summed E-state index contributed by atoms with van der Waals surface area (Å²) in [4.78, 5) is 34.6. The second-order valence-corrected chi connectivity index (χ2v) is 9.07. The molecule has 2 heterocycles. The van der Waals surface area contributed by atoms with Gasteiger partial charge in [0.1, 0.15) is 10.6 Å². The molecule has 2 amide bonds. The van der Waals surface area contributed by atoms with E-state index in [2.05, 4.69) is 32.5 Å². The number of nitrogens with one attached hydrogen (secondary N) is 3. The minimum Gasteiger partial charge on any atom is -0.444 e. The molecule has 2 aromatic rings. The Balaban J connectivity index is 1.70. The minimum atomic E-state index is -0.543. The van der Waals surface area contributed by atoms with Gasteiger partial charge in [0.25, 0.3) is 0 Å². The number of rotatable bonds is 6. The van der Waals surface area contributed by atoms with Gasteiger partial charge in [0, 0.05) is 19.1 Å². The lowest BCUT2D eigenvalue weighted by Crippen LogP contribution is -2.47. The van der Waals surface area contributed by atoms with E-state index in [4.69, 9.17) is 16.3 Å². The monoisotopic (exact) mass is 472 g/mol. The second-order valence-electron chi connectivity index (χ2n) is 8.66. The summed E-state index contributed by atoms with van der Waals surface area (Å²) in [5, 5.41) is 9.49. The predicted molar refractivity (Wildman–Crippen MR) is 130 cm³/mol. The van der Waals surface area contributed by atoms with Crippen molar-refractivity contribution in [3.05, 3.63) is 48.1 Å². The number of carbonyl (C=O) groups excluding carboxylic acids is 2. The first-order chi connectivity index (χ1) is 15.6. The van der Waals surface area contributed by atoms with Gasteiger partial charge in [-0.05, 0) is 51.8 Å². The third-order valence-corrected chi connectivity index (χ3v) is 5.05. The summed E-state index contributed by atoms with van der Waals surface area (Å²) in [6.45, 7) is 10.2. The maximum absolute atomic E-state index is 12.4. The third-order valence-electron chi connectivity index (χ3n) is 4.77. The predicted octanol–water partition coefficient (Wildman–Crippen LogP) is 4.81. The Morgan fingerprint density at radius 2 is 2.00 bits per heavy atom. The van der Waals surface area contributed by atoms with E-state index >= 15 is 0 Å². The fourth-order valence-corrected chi connectivity index (χ4v) is 3.44. The van der Waals surface area contributed by atoms with Crippen LogP contribution in [0.4, 0.5) is 27.9 Å². The molecule has 0 aliphatic carbocycles. The average Bonchev–Trinajstić information content (AvgIpc) is 2.76. The number of hydrogen-bond donors (Lipinski definition) is 3. The molecule has 10 heteroatoms. The molecule has 176 valence electrons. The Morgan fingerprint density at radius 3 is 2.70 bits per heavy atom. The first-order valence-corrected chi connectivity index (χ1v) is 11.1. The first kappa shape index (κ1) is 24.3. The van der Waals surface area contributed by atoms with E-state index in [-0.39, 0.29) is 18.0 Å². The van der Waals surface area contributed by atoms with Gasteiger partial charge in [0.15, 0.2) is 5.82 Å². The summed E-state index contributed by atoms with van der Waals surface area (Å²) < 4.78 is 5.49. The van der Waals surface area contributed by atoms with Gasteiger partial charge in [-0.15, -0.1) is 0 Å². The number of anilines is 4. The smallest absolute Gasteiger partial charge is 0.410 e. The van der Waals surface area contributed by atoms with E-state index in [0.29, 0.717) is 41.3 Å². The standard InChI is InChI=1S/C23H29ClN6O3/c1-5-19(31)27-17-10-6-7-11-18(17)28-20-16(24)13-25-21(29-20)26-15-9-8-12-30(14-15)22(32)33-23(2,3)4/h5-7,10-11,13,15H,1,8-9,12,14H2,2-4H3,(H,27,31)(H2,25,26,28,29). The third kappa shape index (κ3) is 7.08. The van der Waals surface area contributed by atoms with Crippen molar-refractivity contribution >= 4 is 46.7 Å². The number of ether oxygens (including phenoxy) is 1. The van der Waals surface area contributed by atoms with Crippen molar-refractivity contribution in [2.75, 3.05) is 29.0 Å². The Hall–Kier alpha value is -3.33. The van der Waals surface area contributed by atoms with Crippen molar-refractivity contribution in [3.8, 4) is 0 Å². The minimum absolute atomic E-state index is 0.0283. The van der Waals surface area contributed by atoms with Crippen LogP contribution in [0.3, 0.4) is 0 Å². The lowest BCUT2D eigenvalue weighted by molar-refractivity contribution is -0.111. The highest BCUT2D eigenvalue weighted by Crippen LogP contribution is 2.29. The van der Waals surface area contributed by atoms with Crippen LogP contribution in [-0.2, 0) is 9.53 Å². The van der Waals surface area contributed by atoms with Gasteiger partial charge in [-0.3, -0.25) is 4.79 Å². The van der Waals surface area contributed by atoms with Crippen molar-refractivity contribution in [3.63, 3.8) is 0 Å². The fourth-order valence-electron chi connectivity index (χ4n) is 3.31. The molecule has 1 atom stereocenters. The largest absolute Gasteiger partial charge is 0.444 e. The van der Waals surface area contributed by atoms with Crippen LogP contribution in [0.15, 0.2) is 43.1 Å². The van der Waals surface area contributed by atoms with Crippen molar-refractivity contribution in [2.45, 2.75) is 45.3 Å². The zero-order valence-electron chi connectivity index (χ0n) is 19.0. The summed E-state index contributed by atoms with van der Waals surface area (Å²) in [6, 6.07) is 7.15. The lowest BCUT2D eigenvalue weighted by Gasteiger charge is -2.34. The fraction of sp³-hybridized carbons (Fsp3) is 0.391. The molecule has 0 spiro atoms. The van der Waals surface area contributed by atoms with Crippen LogP contribution in [0.1, 0.15) is 33.6 Å². The number of nitrogens with zero attached hydrogens (tertiary/aromatic N) is 3. The number of hydrogen-bond acceptors (Lipinski definition) is 7. The molecule has 0 saturated carbocycles. The van der Waals surface area contributed by atoms with Crippen LogP contribution in [0.25, 0.3) is 0 Å². The highest BCUT2D eigenvalue weighted by Gasteiger charge is 2.28. The van der Waals surface area contributed by atoms with Crippen LogP contribution in [0.2, 0.25) is 5.02 Å². The van der Waals surface area contributed by atoms with Gasteiger partial charge in [0.05, 0.1) is 17.6 Å². The van der Waals surface area contributed by atoms with E-state index in [1.165, 1.54) is 12.3 Å². The van der Waals surface area contributed by atoms with E-state index in [1.54, 1.807) is 23.1 Å².